The minimum Gasteiger partial charge on any atom is -0.327 e. The van der Waals surface area contributed by atoms with Crippen LogP contribution >= 0.6 is 23.2 Å². The Hall–Kier alpha value is -3.35. The molecule has 0 aliphatic carbocycles. The van der Waals surface area contributed by atoms with Gasteiger partial charge in [0, 0.05) is 29.0 Å². The maximum Gasteiger partial charge on any atom is 0.255 e. The van der Waals surface area contributed by atoms with Crippen LogP contribution in [0.3, 0.4) is 0 Å². The van der Waals surface area contributed by atoms with Gasteiger partial charge in [-0.05, 0) is 67.8 Å². The van der Waals surface area contributed by atoms with Gasteiger partial charge in [-0.25, -0.2) is 0 Å². The molecule has 1 heterocycles. The van der Waals surface area contributed by atoms with Gasteiger partial charge in [-0.2, -0.15) is 0 Å². The predicted molar refractivity (Wildman–Crippen MR) is 135 cm³/mol. The third-order valence-corrected chi connectivity index (χ3v) is 6.51. The van der Waals surface area contributed by atoms with Crippen LogP contribution in [0.1, 0.15) is 39.1 Å². The molecule has 8 heteroatoms. The molecule has 1 unspecified atom stereocenters. The van der Waals surface area contributed by atoms with Gasteiger partial charge in [-0.1, -0.05) is 47.5 Å². The number of nitrogens with zero attached hydrogens (tertiary/aromatic N) is 1. The van der Waals surface area contributed by atoms with E-state index in [-0.39, 0.29) is 22.7 Å². The van der Waals surface area contributed by atoms with Crippen molar-refractivity contribution in [2.45, 2.75) is 25.8 Å². The van der Waals surface area contributed by atoms with E-state index in [0.29, 0.717) is 46.9 Å². The zero-order chi connectivity index (χ0) is 24.2. The zero-order valence-corrected chi connectivity index (χ0v) is 20.0. The van der Waals surface area contributed by atoms with Crippen LogP contribution in [0.25, 0.3) is 0 Å². The lowest BCUT2D eigenvalue weighted by Crippen LogP contribution is -2.43. The highest BCUT2D eigenvalue weighted by molar-refractivity contribution is 6.42. The fourth-order valence-corrected chi connectivity index (χ4v) is 4.21. The monoisotopic (exact) mass is 495 g/mol. The number of para-hydroxylation sites is 1. The number of amides is 3. The van der Waals surface area contributed by atoms with E-state index in [9.17, 15) is 14.4 Å². The van der Waals surface area contributed by atoms with E-state index in [1.807, 2.05) is 25.1 Å². The van der Waals surface area contributed by atoms with Gasteiger partial charge in [-0.3, -0.25) is 14.4 Å². The summed E-state index contributed by atoms with van der Waals surface area (Å²) in [5, 5.41) is 6.39. The molecular weight excluding hydrogens is 473 g/mol. The van der Waals surface area contributed by atoms with Gasteiger partial charge >= 0.3 is 0 Å². The van der Waals surface area contributed by atoms with E-state index >= 15 is 0 Å². The van der Waals surface area contributed by atoms with Crippen LogP contribution in [-0.4, -0.2) is 35.2 Å². The molecule has 0 bridgehead atoms. The van der Waals surface area contributed by atoms with Crippen LogP contribution in [0.2, 0.25) is 10.0 Å². The summed E-state index contributed by atoms with van der Waals surface area (Å²) in [6, 6.07) is 18.3. The molecule has 1 aliphatic rings. The number of halogens is 2. The molecule has 3 amide bonds. The van der Waals surface area contributed by atoms with E-state index in [1.165, 1.54) is 6.07 Å². The Labute approximate surface area is 207 Å². The summed E-state index contributed by atoms with van der Waals surface area (Å²) in [7, 11) is 0. The molecular formula is C26H23Cl2N3O3. The second-order valence-corrected chi connectivity index (χ2v) is 8.94. The number of carbonyl (C=O) groups is 3. The van der Waals surface area contributed by atoms with Gasteiger partial charge in [0.15, 0.2) is 0 Å². The first-order valence-corrected chi connectivity index (χ1v) is 11.6. The molecule has 0 aromatic heterocycles. The predicted octanol–water partition coefficient (Wildman–Crippen LogP) is 5.80. The molecule has 1 saturated heterocycles. The van der Waals surface area contributed by atoms with Crippen molar-refractivity contribution >= 4 is 52.3 Å². The molecule has 4 rings (SSSR count). The summed E-state index contributed by atoms with van der Waals surface area (Å²) in [5.41, 5.74) is 2.82. The van der Waals surface area contributed by atoms with Crippen LogP contribution in [0.5, 0.6) is 0 Å². The average Bonchev–Trinajstić information content (AvgIpc) is 3.32. The molecule has 34 heavy (non-hydrogen) atoms. The lowest BCUT2D eigenvalue weighted by molar-refractivity contribution is -0.119. The van der Waals surface area contributed by atoms with Crippen LogP contribution in [-0.2, 0) is 4.79 Å². The maximum atomic E-state index is 13.2. The standard InChI is InChI=1S/C26H23Cl2N3O3/c1-16-9-10-17(24(32)29-19-6-3-2-4-7-19)15-22(16)30-25(33)23-8-5-13-31(23)26(34)18-11-12-20(27)21(28)14-18/h2-4,6-7,9-12,14-15,23H,5,8,13H2,1H3,(H,29,32)(H,30,33). The van der Waals surface area contributed by atoms with Gasteiger partial charge in [0.1, 0.15) is 6.04 Å². The number of aryl methyl sites for hydroxylation is 1. The number of anilines is 2. The lowest BCUT2D eigenvalue weighted by Gasteiger charge is -2.24. The largest absolute Gasteiger partial charge is 0.327 e. The summed E-state index contributed by atoms with van der Waals surface area (Å²) >= 11 is 12.0. The summed E-state index contributed by atoms with van der Waals surface area (Å²) < 4.78 is 0. The Morgan fingerprint density at radius 2 is 1.62 bits per heavy atom. The van der Waals surface area contributed by atoms with E-state index < -0.39 is 6.04 Å². The number of benzene rings is 3. The highest BCUT2D eigenvalue weighted by Crippen LogP contribution is 2.27. The third kappa shape index (κ3) is 5.24. The molecule has 0 saturated carbocycles. The van der Waals surface area contributed by atoms with Crippen LogP contribution in [0, 0.1) is 6.92 Å². The van der Waals surface area contributed by atoms with Crippen molar-refractivity contribution < 1.29 is 14.4 Å². The molecule has 1 atom stereocenters. The van der Waals surface area contributed by atoms with Gasteiger partial charge in [0.05, 0.1) is 10.0 Å². The van der Waals surface area contributed by atoms with Crippen LogP contribution < -0.4 is 10.6 Å². The summed E-state index contributed by atoms with van der Waals surface area (Å²) in [4.78, 5) is 40.4. The van der Waals surface area contributed by atoms with E-state index in [1.54, 1.807) is 47.4 Å². The lowest BCUT2D eigenvalue weighted by atomic mass is 10.1. The second kappa shape index (κ2) is 10.3. The Bertz CT molecular complexity index is 1250. The first-order valence-electron chi connectivity index (χ1n) is 10.9. The van der Waals surface area contributed by atoms with Crippen molar-refractivity contribution in [3.63, 3.8) is 0 Å². The Kier molecular flexibility index (Phi) is 7.20. The number of likely N-dealkylation sites (tertiary alicyclic amines) is 1. The second-order valence-electron chi connectivity index (χ2n) is 8.12. The number of rotatable bonds is 5. The first kappa shape index (κ1) is 23.8. The molecule has 6 nitrogen and oxygen atoms in total. The number of hydrogen-bond donors (Lipinski definition) is 2. The highest BCUT2D eigenvalue weighted by atomic mass is 35.5. The molecule has 3 aromatic rings. The van der Waals surface area contributed by atoms with Crippen molar-refractivity contribution in [2.75, 3.05) is 17.2 Å². The molecule has 174 valence electrons. The average molecular weight is 496 g/mol. The topological polar surface area (TPSA) is 78.5 Å². The summed E-state index contributed by atoms with van der Waals surface area (Å²) in [6.07, 6.45) is 1.26. The van der Waals surface area contributed by atoms with Crippen LogP contribution in [0.15, 0.2) is 66.7 Å². The van der Waals surface area contributed by atoms with Crippen molar-refractivity contribution in [1.29, 1.82) is 0 Å². The normalized spacial score (nSPS) is 15.1. The van der Waals surface area contributed by atoms with Crippen molar-refractivity contribution in [1.82, 2.24) is 4.90 Å². The smallest absolute Gasteiger partial charge is 0.255 e. The Morgan fingerprint density at radius 3 is 2.35 bits per heavy atom. The number of hydrogen-bond acceptors (Lipinski definition) is 3. The number of nitrogens with one attached hydrogen (secondary N) is 2. The van der Waals surface area contributed by atoms with Gasteiger partial charge in [0.25, 0.3) is 11.8 Å². The van der Waals surface area contributed by atoms with Gasteiger partial charge in [-0.15, -0.1) is 0 Å². The molecule has 1 fully saturated rings. The van der Waals surface area contributed by atoms with Gasteiger partial charge in [0.2, 0.25) is 5.91 Å². The van der Waals surface area contributed by atoms with Crippen molar-refractivity contribution in [2.24, 2.45) is 0 Å². The highest BCUT2D eigenvalue weighted by Gasteiger charge is 2.35. The summed E-state index contributed by atoms with van der Waals surface area (Å²) in [6.45, 7) is 2.32. The van der Waals surface area contributed by atoms with Crippen LogP contribution in [0.4, 0.5) is 11.4 Å². The summed E-state index contributed by atoms with van der Waals surface area (Å²) in [5.74, 6) is -0.849. The number of carbonyl (C=O) groups excluding carboxylic acids is 3. The third-order valence-electron chi connectivity index (χ3n) is 5.77. The van der Waals surface area contributed by atoms with Crippen molar-refractivity contribution in [3.8, 4) is 0 Å². The SMILES string of the molecule is Cc1ccc(C(=O)Nc2ccccc2)cc1NC(=O)C1CCCN1C(=O)c1ccc(Cl)c(Cl)c1. The fourth-order valence-electron chi connectivity index (χ4n) is 3.92. The molecule has 2 N–H and O–H groups in total. The molecule has 0 spiro atoms. The Balaban J connectivity index is 1.49. The zero-order valence-electron chi connectivity index (χ0n) is 18.5. The quantitative estimate of drug-likeness (QED) is 0.469. The van der Waals surface area contributed by atoms with E-state index in [4.69, 9.17) is 23.2 Å². The van der Waals surface area contributed by atoms with E-state index in [2.05, 4.69) is 10.6 Å². The van der Waals surface area contributed by atoms with Crippen molar-refractivity contribution in [3.05, 3.63) is 93.5 Å². The minimum atomic E-state index is -0.622. The van der Waals surface area contributed by atoms with Gasteiger partial charge < -0.3 is 15.5 Å². The molecule has 1 aliphatic heterocycles. The minimum absolute atomic E-state index is 0.274. The Morgan fingerprint density at radius 1 is 0.882 bits per heavy atom. The first-order chi connectivity index (χ1) is 16.3. The molecule has 0 radical (unpaired) electrons. The fraction of sp³-hybridized carbons (Fsp3) is 0.192. The molecule has 3 aromatic carbocycles. The maximum absolute atomic E-state index is 13.2. The van der Waals surface area contributed by atoms with E-state index in [0.717, 1.165) is 5.56 Å².